The van der Waals surface area contributed by atoms with Gasteiger partial charge in [0.25, 0.3) is 0 Å². The summed E-state index contributed by atoms with van der Waals surface area (Å²) < 4.78 is 5.76. The summed E-state index contributed by atoms with van der Waals surface area (Å²) in [4.78, 5) is 11.2. The molecule has 0 unspecified atom stereocenters. The maximum atomic E-state index is 11.2. The molecule has 0 spiro atoms. The number of carbonyl (C=O) groups excluding carboxylic acids is 1. The number of rotatable bonds is 6. The molecule has 5 heteroatoms. The van der Waals surface area contributed by atoms with Crippen molar-refractivity contribution in [2.45, 2.75) is 6.54 Å². The summed E-state index contributed by atoms with van der Waals surface area (Å²) in [5.41, 5.74) is 8.26. The van der Waals surface area contributed by atoms with Gasteiger partial charge in [-0.3, -0.25) is 4.79 Å². The third kappa shape index (κ3) is 4.40. The van der Waals surface area contributed by atoms with E-state index in [9.17, 15) is 4.79 Å². The molecule has 3 rings (SSSR count). The first-order chi connectivity index (χ1) is 12.6. The Morgan fingerprint density at radius 1 is 1.00 bits per heavy atom. The molecule has 26 heavy (non-hydrogen) atoms. The van der Waals surface area contributed by atoms with Crippen LogP contribution in [0.15, 0.2) is 72.8 Å². The third-order valence-corrected chi connectivity index (χ3v) is 3.79. The Labute approximate surface area is 151 Å². The molecule has 3 aromatic rings. The Hall–Kier alpha value is -3.78. The number of nitriles is 1. The molecule has 0 aliphatic heterocycles. The smallest absolute Gasteiger partial charge is 0.248 e. The van der Waals surface area contributed by atoms with Crippen LogP contribution in [0.1, 0.15) is 21.5 Å². The van der Waals surface area contributed by atoms with Gasteiger partial charge >= 0.3 is 0 Å². The standard InChI is InChI=1S/C21H17N3O2/c22-13-15-4-8-19(9-5-15)26-20-10-6-16(7-11-20)14-24-18-3-1-2-17(12-18)21(23)25/h1-12,24H,14H2,(H2,23,25). The van der Waals surface area contributed by atoms with Crippen LogP contribution in [0.2, 0.25) is 0 Å². The maximum absolute atomic E-state index is 11.2. The highest BCUT2D eigenvalue weighted by atomic mass is 16.5. The SMILES string of the molecule is N#Cc1ccc(Oc2ccc(CNc3cccc(C(N)=O)c3)cc2)cc1. The predicted molar refractivity (Wildman–Crippen MR) is 100.0 cm³/mol. The first-order valence-electron chi connectivity index (χ1n) is 8.05. The molecule has 0 aliphatic rings. The van der Waals surface area contributed by atoms with Crippen LogP contribution in [0.5, 0.6) is 11.5 Å². The fraction of sp³-hybridized carbons (Fsp3) is 0.0476. The minimum Gasteiger partial charge on any atom is -0.457 e. The number of carbonyl (C=O) groups is 1. The monoisotopic (exact) mass is 343 g/mol. The van der Waals surface area contributed by atoms with Crippen LogP contribution >= 0.6 is 0 Å². The van der Waals surface area contributed by atoms with E-state index in [0.29, 0.717) is 29.2 Å². The Morgan fingerprint density at radius 3 is 2.27 bits per heavy atom. The van der Waals surface area contributed by atoms with Gasteiger partial charge in [-0.2, -0.15) is 5.26 Å². The number of hydrogen-bond acceptors (Lipinski definition) is 4. The van der Waals surface area contributed by atoms with Crippen LogP contribution in [0, 0.1) is 11.3 Å². The van der Waals surface area contributed by atoms with Crippen LogP contribution in [-0.4, -0.2) is 5.91 Å². The quantitative estimate of drug-likeness (QED) is 0.706. The van der Waals surface area contributed by atoms with Crippen molar-refractivity contribution in [3.8, 4) is 17.6 Å². The molecule has 0 saturated heterocycles. The predicted octanol–water partition coefficient (Wildman–Crippen LogP) is 4.06. The fourth-order valence-electron chi connectivity index (χ4n) is 2.40. The highest BCUT2D eigenvalue weighted by Crippen LogP contribution is 2.22. The molecule has 0 heterocycles. The molecule has 1 amide bonds. The third-order valence-electron chi connectivity index (χ3n) is 3.79. The molecule has 0 bridgehead atoms. The zero-order valence-corrected chi connectivity index (χ0v) is 14.0. The molecule has 3 aromatic carbocycles. The zero-order chi connectivity index (χ0) is 18.4. The van der Waals surface area contributed by atoms with E-state index in [2.05, 4.69) is 11.4 Å². The Kier molecular flexibility index (Phi) is 5.16. The van der Waals surface area contributed by atoms with Gasteiger partial charge in [-0.1, -0.05) is 18.2 Å². The van der Waals surface area contributed by atoms with Crippen LogP contribution in [0.3, 0.4) is 0 Å². The number of nitrogens with two attached hydrogens (primary N) is 1. The molecule has 128 valence electrons. The van der Waals surface area contributed by atoms with Gasteiger partial charge < -0.3 is 15.8 Å². The van der Waals surface area contributed by atoms with Crippen molar-refractivity contribution in [3.05, 3.63) is 89.5 Å². The van der Waals surface area contributed by atoms with Gasteiger partial charge in [0, 0.05) is 17.8 Å². The van der Waals surface area contributed by atoms with Gasteiger partial charge in [0.15, 0.2) is 0 Å². The second kappa shape index (κ2) is 7.86. The second-order valence-electron chi connectivity index (χ2n) is 5.68. The Bertz CT molecular complexity index is 942. The Balaban J connectivity index is 1.60. The average molecular weight is 343 g/mol. The number of primary amides is 1. The van der Waals surface area contributed by atoms with Crippen molar-refractivity contribution in [3.63, 3.8) is 0 Å². The van der Waals surface area contributed by atoms with Crippen molar-refractivity contribution >= 4 is 11.6 Å². The number of nitrogens with zero attached hydrogens (tertiary/aromatic N) is 1. The molecule has 3 N–H and O–H groups in total. The largest absolute Gasteiger partial charge is 0.457 e. The summed E-state index contributed by atoms with van der Waals surface area (Å²) in [7, 11) is 0. The molecule has 0 atom stereocenters. The van der Waals surface area contributed by atoms with Crippen LogP contribution in [0.25, 0.3) is 0 Å². The van der Waals surface area contributed by atoms with E-state index in [1.807, 2.05) is 30.3 Å². The van der Waals surface area contributed by atoms with Crippen LogP contribution < -0.4 is 15.8 Å². The first-order valence-corrected chi connectivity index (χ1v) is 8.05. The summed E-state index contributed by atoms with van der Waals surface area (Å²) in [6, 6.07) is 23.8. The van der Waals surface area contributed by atoms with Crippen molar-refractivity contribution in [2.24, 2.45) is 5.73 Å². The lowest BCUT2D eigenvalue weighted by molar-refractivity contribution is 0.100. The number of benzene rings is 3. The van der Waals surface area contributed by atoms with Gasteiger partial charge in [-0.25, -0.2) is 0 Å². The van der Waals surface area contributed by atoms with E-state index < -0.39 is 5.91 Å². The van der Waals surface area contributed by atoms with Gasteiger partial charge in [-0.05, 0) is 60.2 Å². The number of ether oxygens (including phenoxy) is 1. The molecular formula is C21H17N3O2. The lowest BCUT2D eigenvalue weighted by atomic mass is 10.1. The highest BCUT2D eigenvalue weighted by molar-refractivity contribution is 5.93. The summed E-state index contributed by atoms with van der Waals surface area (Å²) in [6.45, 7) is 0.610. The highest BCUT2D eigenvalue weighted by Gasteiger charge is 2.02. The number of hydrogen-bond donors (Lipinski definition) is 2. The van der Waals surface area contributed by atoms with Crippen LogP contribution in [-0.2, 0) is 6.54 Å². The lowest BCUT2D eigenvalue weighted by Crippen LogP contribution is -2.11. The summed E-state index contributed by atoms with van der Waals surface area (Å²) in [6.07, 6.45) is 0. The normalized spacial score (nSPS) is 9.96. The van der Waals surface area contributed by atoms with Crippen LogP contribution in [0.4, 0.5) is 5.69 Å². The van der Waals surface area contributed by atoms with E-state index >= 15 is 0 Å². The van der Waals surface area contributed by atoms with Crippen molar-refractivity contribution in [2.75, 3.05) is 5.32 Å². The molecule has 5 nitrogen and oxygen atoms in total. The van der Waals surface area contributed by atoms with E-state index in [-0.39, 0.29) is 0 Å². The molecule has 0 aromatic heterocycles. The van der Waals surface area contributed by atoms with Gasteiger partial charge in [0.1, 0.15) is 11.5 Å². The van der Waals surface area contributed by atoms with Gasteiger partial charge in [-0.15, -0.1) is 0 Å². The van der Waals surface area contributed by atoms with Crippen molar-refractivity contribution < 1.29 is 9.53 Å². The zero-order valence-electron chi connectivity index (χ0n) is 14.0. The molecule has 0 radical (unpaired) electrons. The fourth-order valence-corrected chi connectivity index (χ4v) is 2.40. The summed E-state index contributed by atoms with van der Waals surface area (Å²) >= 11 is 0. The number of nitrogens with one attached hydrogen (secondary N) is 1. The van der Waals surface area contributed by atoms with Crippen molar-refractivity contribution in [1.29, 1.82) is 5.26 Å². The molecule has 0 fully saturated rings. The lowest BCUT2D eigenvalue weighted by Gasteiger charge is -2.09. The molecule has 0 aliphatic carbocycles. The van der Waals surface area contributed by atoms with E-state index in [1.54, 1.807) is 42.5 Å². The van der Waals surface area contributed by atoms with E-state index in [1.165, 1.54) is 0 Å². The topological polar surface area (TPSA) is 88.1 Å². The average Bonchev–Trinajstić information content (AvgIpc) is 2.68. The maximum Gasteiger partial charge on any atom is 0.248 e. The van der Waals surface area contributed by atoms with Gasteiger partial charge in [0.2, 0.25) is 5.91 Å². The Morgan fingerprint density at radius 2 is 1.65 bits per heavy atom. The van der Waals surface area contributed by atoms with E-state index in [0.717, 1.165) is 11.3 Å². The van der Waals surface area contributed by atoms with E-state index in [4.69, 9.17) is 15.7 Å². The summed E-state index contributed by atoms with van der Waals surface area (Å²) in [5.74, 6) is 0.949. The number of anilines is 1. The minimum atomic E-state index is -0.446. The summed E-state index contributed by atoms with van der Waals surface area (Å²) in [5, 5.41) is 12.1. The van der Waals surface area contributed by atoms with Gasteiger partial charge in [0.05, 0.1) is 11.6 Å². The molecular weight excluding hydrogens is 326 g/mol. The first kappa shape index (κ1) is 17.1. The second-order valence-corrected chi connectivity index (χ2v) is 5.68. The van der Waals surface area contributed by atoms with Crippen molar-refractivity contribution in [1.82, 2.24) is 0 Å². The molecule has 0 saturated carbocycles. The number of amides is 1. The minimum absolute atomic E-state index is 0.446.